The standard InChI is InChI=1S/C28H36N4O4/c1-5-6-7-8-9-10-17-36-23-14-11-21(12-15-23)24-19-25(31-30-24)28(33)32-29-20(2)22-13-16-26(34-3)27(18-22)35-4/h11-16,18-19H,5-10,17H2,1-4H3,(H,30,31)(H,32,33)/b29-20-. The number of ether oxygens (including phenoxy) is 3. The second kappa shape index (κ2) is 13.9. The van der Waals surface area contributed by atoms with Gasteiger partial charge in [-0.15, -0.1) is 0 Å². The van der Waals surface area contributed by atoms with Crippen LogP contribution in [0.25, 0.3) is 11.3 Å². The van der Waals surface area contributed by atoms with Gasteiger partial charge in [-0.2, -0.15) is 10.2 Å². The molecule has 0 radical (unpaired) electrons. The van der Waals surface area contributed by atoms with Crippen molar-refractivity contribution in [3.8, 4) is 28.5 Å². The van der Waals surface area contributed by atoms with Crippen LogP contribution >= 0.6 is 0 Å². The van der Waals surface area contributed by atoms with Crippen LogP contribution < -0.4 is 19.6 Å². The maximum Gasteiger partial charge on any atom is 0.289 e. The Morgan fingerprint density at radius 1 is 0.944 bits per heavy atom. The predicted molar refractivity (Wildman–Crippen MR) is 142 cm³/mol. The quantitative estimate of drug-likeness (QED) is 0.164. The van der Waals surface area contributed by atoms with Gasteiger partial charge in [0.15, 0.2) is 11.5 Å². The molecule has 2 aromatic carbocycles. The fourth-order valence-electron chi connectivity index (χ4n) is 3.70. The van der Waals surface area contributed by atoms with E-state index in [9.17, 15) is 4.79 Å². The number of aromatic amines is 1. The highest BCUT2D eigenvalue weighted by Crippen LogP contribution is 2.27. The third-order valence-electron chi connectivity index (χ3n) is 5.87. The summed E-state index contributed by atoms with van der Waals surface area (Å²) in [5.41, 5.74) is 5.87. The van der Waals surface area contributed by atoms with Crippen molar-refractivity contribution in [2.45, 2.75) is 52.4 Å². The number of unbranched alkanes of at least 4 members (excludes halogenated alkanes) is 5. The smallest absolute Gasteiger partial charge is 0.289 e. The molecule has 1 aromatic heterocycles. The zero-order valence-electron chi connectivity index (χ0n) is 21.6. The van der Waals surface area contributed by atoms with Gasteiger partial charge >= 0.3 is 0 Å². The lowest BCUT2D eigenvalue weighted by molar-refractivity contribution is 0.0950. The molecule has 0 aliphatic carbocycles. The minimum absolute atomic E-state index is 0.317. The maximum atomic E-state index is 12.6. The zero-order chi connectivity index (χ0) is 25.8. The van der Waals surface area contributed by atoms with E-state index in [1.54, 1.807) is 39.3 Å². The summed E-state index contributed by atoms with van der Waals surface area (Å²) in [4.78, 5) is 12.6. The van der Waals surface area contributed by atoms with Crippen molar-refractivity contribution in [3.63, 3.8) is 0 Å². The summed E-state index contributed by atoms with van der Waals surface area (Å²) in [5, 5.41) is 11.3. The molecule has 3 rings (SSSR count). The second-order valence-electron chi connectivity index (χ2n) is 8.52. The number of benzene rings is 2. The van der Waals surface area contributed by atoms with E-state index < -0.39 is 0 Å². The first-order valence-corrected chi connectivity index (χ1v) is 12.4. The fourth-order valence-corrected chi connectivity index (χ4v) is 3.70. The van der Waals surface area contributed by atoms with E-state index in [4.69, 9.17) is 14.2 Å². The Hall–Kier alpha value is -3.81. The first-order chi connectivity index (χ1) is 17.5. The van der Waals surface area contributed by atoms with Crippen LogP contribution in [0.2, 0.25) is 0 Å². The number of nitrogens with zero attached hydrogens (tertiary/aromatic N) is 2. The van der Waals surface area contributed by atoms with Gasteiger partial charge in [0.05, 0.1) is 32.2 Å². The van der Waals surface area contributed by atoms with E-state index >= 15 is 0 Å². The van der Waals surface area contributed by atoms with Crippen molar-refractivity contribution >= 4 is 11.6 Å². The van der Waals surface area contributed by atoms with Gasteiger partial charge in [0.1, 0.15) is 11.4 Å². The highest BCUT2D eigenvalue weighted by molar-refractivity contribution is 6.01. The van der Waals surface area contributed by atoms with E-state index in [-0.39, 0.29) is 5.91 Å². The molecule has 0 fully saturated rings. The molecular formula is C28H36N4O4. The van der Waals surface area contributed by atoms with Crippen LogP contribution in [0.15, 0.2) is 53.6 Å². The third kappa shape index (κ3) is 7.60. The number of hydrogen-bond donors (Lipinski definition) is 2. The monoisotopic (exact) mass is 492 g/mol. The van der Waals surface area contributed by atoms with Crippen LogP contribution in [0, 0.1) is 0 Å². The molecule has 2 N–H and O–H groups in total. The lowest BCUT2D eigenvalue weighted by atomic mass is 10.1. The molecule has 1 heterocycles. The van der Waals surface area contributed by atoms with E-state index in [0.29, 0.717) is 28.6 Å². The number of H-pyrrole nitrogens is 1. The number of aromatic nitrogens is 2. The topological polar surface area (TPSA) is 97.8 Å². The van der Waals surface area contributed by atoms with Crippen LogP contribution in [0.4, 0.5) is 0 Å². The van der Waals surface area contributed by atoms with Crippen LogP contribution in [0.1, 0.15) is 68.4 Å². The molecule has 0 unspecified atom stereocenters. The molecule has 0 saturated heterocycles. The average molecular weight is 493 g/mol. The number of carbonyl (C=O) groups excluding carboxylic acids is 1. The lowest BCUT2D eigenvalue weighted by Crippen LogP contribution is -2.19. The Morgan fingerprint density at radius 2 is 1.67 bits per heavy atom. The van der Waals surface area contributed by atoms with Crippen LogP contribution in [0.5, 0.6) is 17.2 Å². The van der Waals surface area contributed by atoms with Gasteiger partial charge in [-0.1, -0.05) is 39.0 Å². The number of amides is 1. The first-order valence-electron chi connectivity index (χ1n) is 12.4. The number of hydrogen-bond acceptors (Lipinski definition) is 6. The molecule has 36 heavy (non-hydrogen) atoms. The van der Waals surface area contributed by atoms with Crippen LogP contribution in [-0.4, -0.2) is 42.6 Å². The van der Waals surface area contributed by atoms with Gasteiger partial charge in [0.2, 0.25) is 0 Å². The second-order valence-corrected chi connectivity index (χ2v) is 8.52. The van der Waals surface area contributed by atoms with Gasteiger partial charge in [0.25, 0.3) is 5.91 Å². The predicted octanol–water partition coefficient (Wildman–Crippen LogP) is 5.99. The van der Waals surface area contributed by atoms with Crippen molar-refractivity contribution in [3.05, 3.63) is 59.8 Å². The van der Waals surface area contributed by atoms with Gasteiger partial charge in [0, 0.05) is 11.1 Å². The van der Waals surface area contributed by atoms with Crippen LogP contribution in [-0.2, 0) is 0 Å². The molecule has 0 bridgehead atoms. The van der Waals surface area contributed by atoms with Crippen molar-refractivity contribution in [1.29, 1.82) is 0 Å². The summed E-state index contributed by atoms with van der Waals surface area (Å²) >= 11 is 0. The van der Waals surface area contributed by atoms with Crippen molar-refractivity contribution in [1.82, 2.24) is 15.6 Å². The van der Waals surface area contributed by atoms with Crippen molar-refractivity contribution < 1.29 is 19.0 Å². The molecular weight excluding hydrogens is 456 g/mol. The van der Waals surface area contributed by atoms with E-state index in [1.807, 2.05) is 30.3 Å². The Kier molecular flexibility index (Phi) is 10.4. The number of carbonyl (C=O) groups is 1. The minimum Gasteiger partial charge on any atom is -0.494 e. The Morgan fingerprint density at radius 3 is 2.39 bits per heavy atom. The van der Waals surface area contributed by atoms with Gasteiger partial charge in [-0.3, -0.25) is 9.89 Å². The lowest BCUT2D eigenvalue weighted by Gasteiger charge is -2.09. The highest BCUT2D eigenvalue weighted by Gasteiger charge is 2.12. The van der Waals surface area contributed by atoms with Gasteiger partial charge in [-0.25, -0.2) is 5.43 Å². The third-order valence-corrected chi connectivity index (χ3v) is 5.87. The number of hydrazone groups is 1. The molecule has 8 heteroatoms. The van der Waals surface area contributed by atoms with E-state index in [1.165, 1.54) is 32.1 Å². The molecule has 0 spiro atoms. The van der Waals surface area contributed by atoms with Gasteiger partial charge < -0.3 is 14.2 Å². The van der Waals surface area contributed by atoms with Crippen LogP contribution in [0.3, 0.4) is 0 Å². The molecule has 0 atom stereocenters. The number of nitrogens with one attached hydrogen (secondary N) is 2. The fraction of sp³-hybridized carbons (Fsp3) is 0.393. The number of rotatable bonds is 14. The Balaban J connectivity index is 1.52. The minimum atomic E-state index is -0.382. The Labute approximate surface area is 213 Å². The molecule has 0 aliphatic rings. The average Bonchev–Trinajstić information content (AvgIpc) is 3.41. The van der Waals surface area contributed by atoms with Gasteiger partial charge in [-0.05, 0) is 61.9 Å². The summed E-state index contributed by atoms with van der Waals surface area (Å²) in [6.07, 6.45) is 7.42. The van der Waals surface area contributed by atoms with Crippen molar-refractivity contribution in [2.75, 3.05) is 20.8 Å². The molecule has 3 aromatic rings. The molecule has 192 valence electrons. The summed E-state index contributed by atoms with van der Waals surface area (Å²) < 4.78 is 16.4. The summed E-state index contributed by atoms with van der Waals surface area (Å²) in [5.74, 6) is 1.67. The molecule has 8 nitrogen and oxygen atoms in total. The van der Waals surface area contributed by atoms with E-state index in [2.05, 4.69) is 27.6 Å². The maximum absolute atomic E-state index is 12.6. The summed E-state index contributed by atoms with van der Waals surface area (Å²) in [6, 6.07) is 14.9. The normalized spacial score (nSPS) is 11.3. The highest BCUT2D eigenvalue weighted by atomic mass is 16.5. The zero-order valence-corrected chi connectivity index (χ0v) is 21.6. The Bertz CT molecular complexity index is 1140. The SMILES string of the molecule is CCCCCCCCOc1ccc(-c2cc(C(=O)N/N=C(/C)c3ccc(OC)c(OC)c3)[nH]n2)cc1. The van der Waals surface area contributed by atoms with E-state index in [0.717, 1.165) is 29.9 Å². The van der Waals surface area contributed by atoms with Crippen molar-refractivity contribution in [2.24, 2.45) is 5.10 Å². The molecule has 1 amide bonds. The summed E-state index contributed by atoms with van der Waals surface area (Å²) in [6.45, 7) is 4.75. The molecule has 0 saturated carbocycles. The first kappa shape index (κ1) is 26.8. The summed E-state index contributed by atoms with van der Waals surface area (Å²) in [7, 11) is 3.15. The largest absolute Gasteiger partial charge is 0.494 e. The number of methoxy groups -OCH3 is 2. The molecule has 0 aliphatic heterocycles.